The number of nitrogens with zero attached hydrogens (tertiary/aromatic N) is 2. The van der Waals surface area contributed by atoms with Gasteiger partial charge in [0.05, 0.1) is 21.9 Å². The molecule has 4 aromatic carbocycles. The van der Waals surface area contributed by atoms with Crippen molar-refractivity contribution in [3.8, 4) is 0 Å². The van der Waals surface area contributed by atoms with Crippen molar-refractivity contribution in [3.63, 3.8) is 0 Å². The monoisotopic (exact) mass is 729 g/mol. The Kier molecular flexibility index (Phi) is 12.1. The molecule has 1 N–H and O–H groups in total. The summed E-state index contributed by atoms with van der Waals surface area (Å²) >= 11 is 1.78. The molecule has 0 saturated heterocycles. The number of hydrogen-bond donors (Lipinski definition) is 1. The maximum absolute atomic E-state index is 7.36. The third-order valence-corrected chi connectivity index (χ3v) is 12.3. The molecule has 0 saturated carbocycles. The fourth-order valence-electron chi connectivity index (χ4n) is 8.27. The first-order valence-corrected chi connectivity index (χ1v) is 20.6. The first-order chi connectivity index (χ1) is 25.4. The SMILES string of the molecule is CCCCCCCCC(CC)CNc1c2c(c3oc4c(C)cc(C)cc4c4cc(C)cc(C)c4oc3c1Sc1c(C)cc(C)cc1C)C(=NC)N=C2C. The number of anilines is 1. The van der Waals surface area contributed by atoms with Crippen LogP contribution in [-0.2, 0) is 0 Å². The molecule has 1 aliphatic rings. The van der Waals surface area contributed by atoms with E-state index in [4.69, 9.17) is 18.8 Å². The Balaban J connectivity index is 1.69. The van der Waals surface area contributed by atoms with Crippen LogP contribution in [0.2, 0.25) is 0 Å². The second kappa shape index (κ2) is 16.5. The average Bonchev–Trinajstić information content (AvgIpc) is 3.43. The number of aliphatic imine (C=N–C) groups is 2. The van der Waals surface area contributed by atoms with Gasteiger partial charge in [0, 0.05) is 34.8 Å². The lowest BCUT2D eigenvalue weighted by Crippen LogP contribution is -2.17. The van der Waals surface area contributed by atoms with Gasteiger partial charge in [0.25, 0.3) is 0 Å². The van der Waals surface area contributed by atoms with Crippen LogP contribution in [0.5, 0.6) is 0 Å². The van der Waals surface area contributed by atoms with Crippen molar-refractivity contribution >= 4 is 62.1 Å². The van der Waals surface area contributed by atoms with Crippen molar-refractivity contribution in [1.82, 2.24) is 0 Å². The van der Waals surface area contributed by atoms with Gasteiger partial charge in [-0.15, -0.1) is 0 Å². The van der Waals surface area contributed by atoms with Gasteiger partial charge in [-0.2, -0.15) is 0 Å². The summed E-state index contributed by atoms with van der Waals surface area (Å²) in [5, 5.41) is 6.14. The van der Waals surface area contributed by atoms with Crippen LogP contribution >= 0.6 is 11.8 Å². The number of amidine groups is 1. The van der Waals surface area contributed by atoms with Crippen LogP contribution in [0.4, 0.5) is 5.69 Å². The van der Waals surface area contributed by atoms with Crippen LogP contribution in [0.15, 0.2) is 65.0 Å². The van der Waals surface area contributed by atoms with Gasteiger partial charge in [0.2, 0.25) is 0 Å². The molecule has 280 valence electrons. The highest BCUT2D eigenvalue weighted by atomic mass is 32.2. The van der Waals surface area contributed by atoms with Gasteiger partial charge in [-0.05, 0) is 113 Å². The largest absolute Gasteiger partial charge is 0.452 e. The lowest BCUT2D eigenvalue weighted by atomic mass is 9.96. The van der Waals surface area contributed by atoms with E-state index in [1.807, 2.05) is 7.05 Å². The third kappa shape index (κ3) is 7.94. The first-order valence-electron chi connectivity index (χ1n) is 19.8. The topological polar surface area (TPSA) is 63.0 Å². The van der Waals surface area contributed by atoms with E-state index in [9.17, 15) is 0 Å². The van der Waals surface area contributed by atoms with Crippen molar-refractivity contribution in [2.24, 2.45) is 15.9 Å². The predicted molar refractivity (Wildman–Crippen MR) is 230 cm³/mol. The number of fused-ring (bicyclic) bond motifs is 6. The fourth-order valence-corrected chi connectivity index (χ4v) is 9.42. The molecule has 5 aromatic rings. The van der Waals surface area contributed by atoms with Gasteiger partial charge in [0.1, 0.15) is 11.2 Å². The average molecular weight is 730 g/mol. The van der Waals surface area contributed by atoms with E-state index in [0.717, 1.165) is 73.5 Å². The molecule has 1 aromatic heterocycles. The quantitative estimate of drug-likeness (QED) is 0.123. The molecule has 6 heteroatoms. The third-order valence-electron chi connectivity index (χ3n) is 10.9. The molecule has 0 amide bonds. The zero-order chi connectivity index (χ0) is 38.0. The Morgan fingerprint density at radius 3 is 1.77 bits per heavy atom. The van der Waals surface area contributed by atoms with Crippen molar-refractivity contribution < 1.29 is 8.83 Å². The van der Waals surface area contributed by atoms with E-state index in [-0.39, 0.29) is 0 Å². The summed E-state index contributed by atoms with van der Waals surface area (Å²) < 4.78 is 14.6. The molecule has 0 fully saturated rings. The number of benzene rings is 4. The fraction of sp³-hybridized carbons (Fsp3) is 0.447. The highest BCUT2D eigenvalue weighted by Crippen LogP contribution is 2.48. The summed E-state index contributed by atoms with van der Waals surface area (Å²) in [6, 6.07) is 13.5. The molecule has 1 unspecified atom stereocenters. The van der Waals surface area contributed by atoms with Crippen LogP contribution in [0, 0.1) is 54.4 Å². The lowest BCUT2D eigenvalue weighted by molar-refractivity contribution is 0.456. The van der Waals surface area contributed by atoms with Crippen LogP contribution in [0.25, 0.3) is 33.1 Å². The Hall–Kier alpha value is -4.03. The smallest absolute Gasteiger partial charge is 0.186 e. The van der Waals surface area contributed by atoms with Gasteiger partial charge in [-0.3, -0.25) is 4.99 Å². The van der Waals surface area contributed by atoms with Crippen molar-refractivity contribution in [3.05, 3.63) is 86.5 Å². The predicted octanol–water partition coefficient (Wildman–Crippen LogP) is 14.2. The molecular weight excluding hydrogens is 671 g/mol. The minimum atomic E-state index is 0.554. The molecular formula is C47H59N3O2S. The van der Waals surface area contributed by atoms with Crippen LogP contribution in [0.3, 0.4) is 0 Å². The van der Waals surface area contributed by atoms with Gasteiger partial charge in [0.15, 0.2) is 17.0 Å². The molecule has 0 bridgehead atoms. The molecule has 0 radical (unpaired) electrons. The minimum absolute atomic E-state index is 0.554. The molecule has 5 nitrogen and oxygen atoms in total. The van der Waals surface area contributed by atoms with E-state index in [0.29, 0.717) is 22.9 Å². The van der Waals surface area contributed by atoms with Crippen molar-refractivity contribution in [1.29, 1.82) is 0 Å². The summed E-state index contributed by atoms with van der Waals surface area (Å²) in [6.45, 7) is 22.8. The number of rotatable bonds is 13. The van der Waals surface area contributed by atoms with E-state index in [1.165, 1.54) is 77.7 Å². The summed E-state index contributed by atoms with van der Waals surface area (Å²) in [4.78, 5) is 12.1. The second-order valence-electron chi connectivity index (χ2n) is 15.5. The van der Waals surface area contributed by atoms with E-state index in [2.05, 4.69) is 111 Å². The molecule has 53 heavy (non-hydrogen) atoms. The molecule has 6 rings (SSSR count). The van der Waals surface area contributed by atoms with Gasteiger partial charge >= 0.3 is 0 Å². The normalized spacial score (nSPS) is 14.0. The molecule has 1 atom stereocenters. The number of nitrogens with one attached hydrogen (secondary N) is 1. The van der Waals surface area contributed by atoms with Crippen LogP contribution in [0.1, 0.15) is 122 Å². The van der Waals surface area contributed by atoms with E-state index in [1.54, 1.807) is 11.8 Å². The number of aryl methyl sites for hydroxylation is 7. The summed E-state index contributed by atoms with van der Waals surface area (Å²) in [5.41, 5.74) is 15.3. The van der Waals surface area contributed by atoms with Crippen LogP contribution < -0.4 is 5.32 Å². The second-order valence-corrected chi connectivity index (χ2v) is 16.5. The highest BCUT2D eigenvalue weighted by molar-refractivity contribution is 7.99. The zero-order valence-corrected chi connectivity index (χ0v) is 34.8. The van der Waals surface area contributed by atoms with Gasteiger partial charge in [-0.1, -0.05) is 100 Å². The standard InChI is InChI=1S/C47H59N3O2S/c1-12-14-15-16-17-18-19-35(13-2)26-49-40-38-34(10)50-47(48-11)39(38)43-44(46(40)53-45-32(8)22-27(3)23-33(45)9)52-42-31(7)21-29(5)25-37(42)36-24-28(4)20-30(6)41(36)51-43/h20-25,35,49H,12-19,26H2,1-11H3. The summed E-state index contributed by atoms with van der Waals surface area (Å²) in [6.07, 6.45) is 10.2. The van der Waals surface area contributed by atoms with Gasteiger partial charge in [-0.25, -0.2) is 4.99 Å². The Morgan fingerprint density at radius 1 is 0.642 bits per heavy atom. The van der Waals surface area contributed by atoms with Gasteiger partial charge < -0.3 is 14.2 Å². The summed E-state index contributed by atoms with van der Waals surface area (Å²) in [5.74, 6) is 1.23. The highest BCUT2D eigenvalue weighted by Gasteiger charge is 2.32. The molecule has 1 aliphatic heterocycles. The van der Waals surface area contributed by atoms with Crippen molar-refractivity contribution in [2.75, 3.05) is 18.9 Å². The maximum atomic E-state index is 7.36. The molecule has 2 heterocycles. The Morgan fingerprint density at radius 2 is 1.19 bits per heavy atom. The first kappa shape index (κ1) is 38.7. The van der Waals surface area contributed by atoms with E-state index >= 15 is 0 Å². The number of unbranched alkanes of at least 4 members (excludes halogenated alkanes) is 5. The Bertz CT molecular complexity index is 2280. The number of hydrogen-bond acceptors (Lipinski definition) is 5. The minimum Gasteiger partial charge on any atom is -0.452 e. The lowest BCUT2D eigenvalue weighted by Gasteiger charge is -2.23. The van der Waals surface area contributed by atoms with Crippen LogP contribution in [-0.4, -0.2) is 25.1 Å². The van der Waals surface area contributed by atoms with E-state index < -0.39 is 0 Å². The maximum Gasteiger partial charge on any atom is 0.186 e. The summed E-state index contributed by atoms with van der Waals surface area (Å²) in [7, 11) is 1.82. The Labute approximate surface area is 321 Å². The molecule has 0 aliphatic carbocycles. The molecule has 0 spiro atoms. The van der Waals surface area contributed by atoms with Crippen molar-refractivity contribution in [2.45, 2.75) is 130 Å². The zero-order valence-electron chi connectivity index (χ0n) is 34.0.